The summed E-state index contributed by atoms with van der Waals surface area (Å²) >= 11 is 1.25. The van der Waals surface area contributed by atoms with Gasteiger partial charge in [0, 0.05) is 0 Å². The van der Waals surface area contributed by atoms with Gasteiger partial charge in [-0.25, -0.2) is 9.67 Å². The molecule has 1 aromatic carbocycles. The molecular weight excluding hydrogens is 388 g/mol. The van der Waals surface area contributed by atoms with Crippen LogP contribution in [-0.4, -0.2) is 25.2 Å². The summed E-state index contributed by atoms with van der Waals surface area (Å²) in [5.41, 5.74) is 3.45. The number of carbonyl (C=O) groups excluding carboxylic acids is 1. The van der Waals surface area contributed by atoms with Gasteiger partial charge in [-0.1, -0.05) is 6.07 Å². The third kappa shape index (κ3) is 3.53. The lowest BCUT2D eigenvalue weighted by molar-refractivity contribution is -0.116. The van der Waals surface area contributed by atoms with E-state index in [2.05, 4.69) is 21.5 Å². The van der Waals surface area contributed by atoms with E-state index >= 15 is 0 Å². The summed E-state index contributed by atoms with van der Waals surface area (Å²) in [5, 5.41) is 18.5. The minimum absolute atomic E-state index is 0.209. The lowest BCUT2D eigenvalue weighted by Crippen LogP contribution is -2.27. The molecule has 0 aliphatic carbocycles. The highest BCUT2D eigenvalue weighted by Gasteiger charge is 2.15. The number of fused-ring (bicyclic) bond motifs is 1. The highest BCUT2D eigenvalue weighted by molar-refractivity contribution is 7.14. The van der Waals surface area contributed by atoms with Crippen molar-refractivity contribution in [3.8, 4) is 11.8 Å². The normalized spacial score (nSPS) is 10.8. The van der Waals surface area contributed by atoms with Crippen LogP contribution >= 0.6 is 11.3 Å². The maximum atomic E-state index is 12.8. The lowest BCUT2D eigenvalue weighted by Gasteiger charge is -2.08. The Bertz CT molecular complexity index is 1320. The fourth-order valence-electron chi connectivity index (χ4n) is 3.14. The van der Waals surface area contributed by atoms with E-state index in [0.29, 0.717) is 21.6 Å². The number of hydrogen-bond acceptors (Lipinski definition) is 6. The molecular formula is C20H16N6O2S. The van der Waals surface area contributed by atoms with Crippen LogP contribution in [0, 0.1) is 25.2 Å². The molecule has 0 saturated carbocycles. The monoisotopic (exact) mass is 404 g/mol. The van der Waals surface area contributed by atoms with Crippen molar-refractivity contribution < 1.29 is 4.79 Å². The van der Waals surface area contributed by atoms with E-state index in [-0.39, 0.29) is 12.1 Å². The number of benzene rings is 1. The van der Waals surface area contributed by atoms with Crippen molar-refractivity contribution in [3.05, 3.63) is 69.2 Å². The first-order valence-corrected chi connectivity index (χ1v) is 9.63. The molecule has 0 aliphatic rings. The van der Waals surface area contributed by atoms with E-state index in [1.165, 1.54) is 28.4 Å². The second-order valence-corrected chi connectivity index (χ2v) is 7.56. The van der Waals surface area contributed by atoms with Gasteiger partial charge < -0.3 is 5.32 Å². The van der Waals surface area contributed by atoms with E-state index in [4.69, 9.17) is 5.26 Å². The second kappa shape index (κ2) is 7.33. The lowest BCUT2D eigenvalue weighted by atomic mass is 10.1. The van der Waals surface area contributed by atoms with Gasteiger partial charge in [-0.2, -0.15) is 10.4 Å². The zero-order valence-electron chi connectivity index (χ0n) is 15.7. The van der Waals surface area contributed by atoms with Crippen LogP contribution in [-0.2, 0) is 11.3 Å². The van der Waals surface area contributed by atoms with Gasteiger partial charge in [0.2, 0.25) is 5.91 Å². The van der Waals surface area contributed by atoms with Crippen LogP contribution < -0.4 is 10.9 Å². The standard InChI is InChI=1S/C20H16N6O2S/c1-12-5-13(2)7-15(6-12)26-18-16(9-23-26)20(28)25(11-22-18)10-17(27)24-19-14(8-21)3-4-29-19/h3-7,9,11H,10H2,1-2H3,(H,24,27). The van der Waals surface area contributed by atoms with Crippen LogP contribution in [0.1, 0.15) is 16.7 Å². The molecule has 0 unspecified atom stereocenters. The van der Waals surface area contributed by atoms with Gasteiger partial charge in [0.15, 0.2) is 5.65 Å². The molecule has 4 aromatic rings. The molecule has 0 bridgehead atoms. The number of nitrogens with zero attached hydrogens (tertiary/aromatic N) is 5. The predicted octanol–water partition coefficient (Wildman–Crippen LogP) is 2.77. The van der Waals surface area contributed by atoms with Crippen molar-refractivity contribution in [2.75, 3.05) is 5.32 Å². The summed E-state index contributed by atoms with van der Waals surface area (Å²) in [6, 6.07) is 9.62. The van der Waals surface area contributed by atoms with Gasteiger partial charge in [-0.15, -0.1) is 11.3 Å². The van der Waals surface area contributed by atoms with Gasteiger partial charge in [0.1, 0.15) is 29.3 Å². The zero-order chi connectivity index (χ0) is 20.5. The van der Waals surface area contributed by atoms with Gasteiger partial charge in [-0.3, -0.25) is 14.2 Å². The average molecular weight is 404 g/mol. The molecule has 4 rings (SSSR count). The van der Waals surface area contributed by atoms with Gasteiger partial charge >= 0.3 is 0 Å². The molecule has 29 heavy (non-hydrogen) atoms. The summed E-state index contributed by atoms with van der Waals surface area (Å²) in [6.45, 7) is 3.78. The average Bonchev–Trinajstić information content (AvgIpc) is 3.30. The van der Waals surface area contributed by atoms with Crippen LogP contribution in [0.3, 0.4) is 0 Å². The number of aryl methyl sites for hydroxylation is 2. The highest BCUT2D eigenvalue weighted by atomic mass is 32.1. The predicted molar refractivity (Wildman–Crippen MR) is 110 cm³/mol. The zero-order valence-corrected chi connectivity index (χ0v) is 16.5. The number of nitrogens with one attached hydrogen (secondary N) is 1. The Balaban J connectivity index is 1.64. The smallest absolute Gasteiger partial charge is 0.264 e. The molecule has 144 valence electrons. The number of anilines is 1. The first kappa shape index (κ1) is 18.6. The first-order chi connectivity index (χ1) is 14.0. The molecule has 0 aliphatic heterocycles. The first-order valence-electron chi connectivity index (χ1n) is 8.75. The Morgan fingerprint density at radius 2 is 2.03 bits per heavy atom. The molecule has 1 N–H and O–H groups in total. The maximum Gasteiger partial charge on any atom is 0.264 e. The molecule has 0 radical (unpaired) electrons. The van der Waals surface area contributed by atoms with E-state index in [1.807, 2.05) is 32.0 Å². The summed E-state index contributed by atoms with van der Waals surface area (Å²) in [7, 11) is 0. The number of rotatable bonds is 4. The second-order valence-electron chi connectivity index (χ2n) is 6.64. The minimum Gasteiger partial charge on any atom is -0.315 e. The van der Waals surface area contributed by atoms with Crippen molar-refractivity contribution in [1.29, 1.82) is 5.26 Å². The van der Waals surface area contributed by atoms with E-state index in [9.17, 15) is 9.59 Å². The third-order valence-corrected chi connectivity index (χ3v) is 5.19. The van der Waals surface area contributed by atoms with Gasteiger partial charge in [0.05, 0.1) is 17.4 Å². The highest BCUT2D eigenvalue weighted by Crippen LogP contribution is 2.22. The van der Waals surface area contributed by atoms with E-state index in [0.717, 1.165) is 16.8 Å². The molecule has 0 fully saturated rings. The Hall–Kier alpha value is -3.77. The van der Waals surface area contributed by atoms with Crippen molar-refractivity contribution in [2.45, 2.75) is 20.4 Å². The number of amides is 1. The molecule has 8 nitrogen and oxygen atoms in total. The molecule has 1 amide bonds. The van der Waals surface area contributed by atoms with Crippen molar-refractivity contribution >= 4 is 33.3 Å². The summed E-state index contributed by atoms with van der Waals surface area (Å²) < 4.78 is 2.84. The fraction of sp³-hybridized carbons (Fsp3) is 0.150. The van der Waals surface area contributed by atoms with Crippen molar-refractivity contribution in [2.24, 2.45) is 0 Å². The number of aromatic nitrogens is 4. The van der Waals surface area contributed by atoms with Crippen LogP contribution in [0.2, 0.25) is 0 Å². The number of carbonyl (C=O) groups is 1. The Morgan fingerprint density at radius 3 is 2.76 bits per heavy atom. The molecule has 9 heteroatoms. The third-order valence-electron chi connectivity index (χ3n) is 4.36. The molecule has 3 aromatic heterocycles. The van der Waals surface area contributed by atoms with Crippen LogP contribution in [0.15, 0.2) is 47.0 Å². The summed E-state index contributed by atoms with van der Waals surface area (Å²) in [4.78, 5) is 29.5. The van der Waals surface area contributed by atoms with Gasteiger partial charge in [-0.05, 0) is 48.6 Å². The Kier molecular flexibility index (Phi) is 4.70. The molecule has 0 atom stereocenters. The minimum atomic E-state index is -0.408. The van der Waals surface area contributed by atoms with E-state index < -0.39 is 5.91 Å². The largest absolute Gasteiger partial charge is 0.315 e. The van der Waals surface area contributed by atoms with Gasteiger partial charge in [0.25, 0.3) is 5.56 Å². The molecule has 3 heterocycles. The number of hydrogen-bond donors (Lipinski definition) is 1. The summed E-state index contributed by atoms with van der Waals surface area (Å²) in [6.07, 6.45) is 2.80. The number of thiophene rings is 1. The van der Waals surface area contributed by atoms with E-state index in [1.54, 1.807) is 16.1 Å². The van der Waals surface area contributed by atoms with Crippen molar-refractivity contribution in [3.63, 3.8) is 0 Å². The number of nitriles is 1. The fourth-order valence-corrected chi connectivity index (χ4v) is 3.89. The van der Waals surface area contributed by atoms with Crippen LogP contribution in [0.5, 0.6) is 0 Å². The molecule has 0 spiro atoms. The topological polar surface area (TPSA) is 106 Å². The molecule has 0 saturated heterocycles. The quantitative estimate of drug-likeness (QED) is 0.563. The summed E-state index contributed by atoms with van der Waals surface area (Å²) in [5.74, 6) is -0.408. The Labute approximate surface area is 169 Å². The Morgan fingerprint density at radius 1 is 1.28 bits per heavy atom. The SMILES string of the molecule is Cc1cc(C)cc(-n2ncc3c(=O)n(CC(=O)Nc4sccc4C#N)cnc32)c1. The van der Waals surface area contributed by atoms with Crippen LogP contribution in [0.4, 0.5) is 5.00 Å². The van der Waals surface area contributed by atoms with Crippen LogP contribution in [0.25, 0.3) is 16.7 Å². The maximum absolute atomic E-state index is 12.8. The van der Waals surface area contributed by atoms with Crippen molar-refractivity contribution in [1.82, 2.24) is 19.3 Å².